The molecule has 1 unspecified atom stereocenters. The topological polar surface area (TPSA) is 21.3 Å². The van der Waals surface area contributed by atoms with E-state index in [2.05, 4.69) is 35.1 Å². The minimum atomic E-state index is 0.318. The number of benzene rings is 1. The third kappa shape index (κ3) is 3.38. The van der Waals surface area contributed by atoms with E-state index in [1.54, 1.807) is 0 Å². The average Bonchev–Trinajstić information content (AvgIpc) is 2.63. The van der Waals surface area contributed by atoms with Crippen molar-refractivity contribution in [2.45, 2.75) is 46.1 Å². The van der Waals surface area contributed by atoms with Gasteiger partial charge in [0.25, 0.3) is 0 Å². The van der Waals surface area contributed by atoms with E-state index in [-0.39, 0.29) is 0 Å². The Balaban J connectivity index is 2.28. The highest BCUT2D eigenvalue weighted by Crippen LogP contribution is 2.43. The van der Waals surface area contributed by atoms with Crippen molar-refractivity contribution in [3.63, 3.8) is 0 Å². The second-order valence-corrected chi connectivity index (χ2v) is 7.07. The zero-order chi connectivity index (χ0) is 14.0. The summed E-state index contributed by atoms with van der Waals surface area (Å²) < 4.78 is 6.64. The molecule has 0 spiro atoms. The fraction of sp³-hybridized carbons (Fsp3) is 0.600. The lowest BCUT2D eigenvalue weighted by Gasteiger charge is -2.29. The quantitative estimate of drug-likeness (QED) is 0.778. The Labute approximate surface area is 129 Å². The highest BCUT2D eigenvalue weighted by molar-refractivity contribution is 9.10. The van der Waals surface area contributed by atoms with E-state index in [0.29, 0.717) is 23.1 Å². The van der Waals surface area contributed by atoms with Crippen molar-refractivity contribution in [2.75, 3.05) is 11.9 Å². The van der Waals surface area contributed by atoms with E-state index >= 15 is 0 Å². The van der Waals surface area contributed by atoms with Crippen molar-refractivity contribution < 1.29 is 4.74 Å². The Kier molecular flexibility index (Phi) is 4.67. The van der Waals surface area contributed by atoms with E-state index in [1.807, 2.05) is 19.1 Å². The van der Waals surface area contributed by atoms with Gasteiger partial charge in [0.05, 0.1) is 16.8 Å². The summed E-state index contributed by atoms with van der Waals surface area (Å²) in [6.45, 7) is 7.27. The second kappa shape index (κ2) is 5.92. The summed E-state index contributed by atoms with van der Waals surface area (Å²) in [6.07, 6.45) is 3.73. The molecular formula is C15H21BrClNO. The number of nitrogens with one attached hydrogen (secondary N) is 1. The van der Waals surface area contributed by atoms with Crippen molar-refractivity contribution in [2.24, 2.45) is 5.41 Å². The van der Waals surface area contributed by atoms with E-state index in [4.69, 9.17) is 16.3 Å². The summed E-state index contributed by atoms with van der Waals surface area (Å²) in [5.41, 5.74) is 1.30. The maximum absolute atomic E-state index is 6.15. The van der Waals surface area contributed by atoms with E-state index < -0.39 is 0 Å². The van der Waals surface area contributed by atoms with Crippen LogP contribution in [0.4, 0.5) is 5.69 Å². The number of ether oxygens (including phenoxy) is 1. The maximum Gasteiger partial charge on any atom is 0.156 e. The SMILES string of the molecule is CCOc1c(Br)cc(Cl)cc1NC1CCCC1(C)C. The van der Waals surface area contributed by atoms with Gasteiger partial charge in [-0.05, 0) is 53.2 Å². The highest BCUT2D eigenvalue weighted by atomic mass is 79.9. The van der Waals surface area contributed by atoms with Crippen molar-refractivity contribution in [1.29, 1.82) is 0 Å². The third-order valence-corrected chi connectivity index (χ3v) is 4.69. The monoisotopic (exact) mass is 345 g/mol. The Bertz CT molecular complexity index is 462. The number of hydrogen-bond donors (Lipinski definition) is 1. The first-order chi connectivity index (χ1) is 8.94. The fourth-order valence-corrected chi connectivity index (χ4v) is 3.67. The summed E-state index contributed by atoms with van der Waals surface area (Å²) in [7, 11) is 0. The molecule has 1 aromatic rings. The lowest BCUT2D eigenvalue weighted by atomic mass is 9.87. The number of hydrogen-bond acceptors (Lipinski definition) is 2. The summed E-state index contributed by atoms with van der Waals surface area (Å²) in [4.78, 5) is 0. The first-order valence-corrected chi connectivity index (χ1v) is 7.99. The molecule has 0 saturated heterocycles. The average molecular weight is 347 g/mol. The van der Waals surface area contributed by atoms with Crippen LogP contribution in [-0.2, 0) is 0 Å². The number of halogens is 2. The van der Waals surface area contributed by atoms with Crippen LogP contribution in [0.25, 0.3) is 0 Å². The Hall–Kier alpha value is -0.410. The molecule has 1 atom stereocenters. The first kappa shape index (κ1) is 15.0. The highest BCUT2D eigenvalue weighted by Gasteiger charge is 2.34. The maximum atomic E-state index is 6.15. The van der Waals surface area contributed by atoms with Crippen LogP contribution in [0.3, 0.4) is 0 Å². The molecule has 0 heterocycles. The summed E-state index contributed by atoms with van der Waals surface area (Å²) >= 11 is 9.68. The van der Waals surface area contributed by atoms with Gasteiger partial charge in [0, 0.05) is 11.1 Å². The third-order valence-electron chi connectivity index (χ3n) is 3.88. The first-order valence-electron chi connectivity index (χ1n) is 6.82. The van der Waals surface area contributed by atoms with Crippen molar-refractivity contribution >= 4 is 33.2 Å². The molecule has 0 aromatic heterocycles. The second-order valence-electron chi connectivity index (χ2n) is 5.78. The Morgan fingerprint density at radius 3 is 2.79 bits per heavy atom. The molecule has 1 fully saturated rings. The van der Waals surface area contributed by atoms with Gasteiger partial charge in [-0.2, -0.15) is 0 Å². The molecule has 4 heteroatoms. The molecule has 1 aromatic carbocycles. The minimum absolute atomic E-state index is 0.318. The lowest BCUT2D eigenvalue weighted by molar-refractivity contribution is 0.332. The fourth-order valence-electron chi connectivity index (χ4n) is 2.74. The van der Waals surface area contributed by atoms with Gasteiger partial charge in [-0.15, -0.1) is 0 Å². The van der Waals surface area contributed by atoms with Crippen LogP contribution >= 0.6 is 27.5 Å². The van der Waals surface area contributed by atoms with Crippen LogP contribution in [0.2, 0.25) is 5.02 Å². The Morgan fingerprint density at radius 2 is 2.21 bits per heavy atom. The molecule has 1 N–H and O–H groups in total. The van der Waals surface area contributed by atoms with Crippen LogP contribution in [0.1, 0.15) is 40.0 Å². The van der Waals surface area contributed by atoms with Crippen LogP contribution in [0.5, 0.6) is 5.75 Å². The van der Waals surface area contributed by atoms with Gasteiger partial charge in [-0.25, -0.2) is 0 Å². The largest absolute Gasteiger partial charge is 0.491 e. The molecule has 0 bridgehead atoms. The predicted molar refractivity (Wildman–Crippen MR) is 85.4 cm³/mol. The smallest absolute Gasteiger partial charge is 0.156 e. The van der Waals surface area contributed by atoms with Gasteiger partial charge < -0.3 is 10.1 Å². The standard InChI is InChI=1S/C15H21BrClNO/c1-4-19-14-11(16)8-10(17)9-12(14)18-13-6-5-7-15(13,2)3/h8-9,13,18H,4-7H2,1-3H3. The molecule has 1 aliphatic rings. The molecule has 2 nitrogen and oxygen atoms in total. The molecule has 2 rings (SSSR count). The molecule has 106 valence electrons. The summed E-state index contributed by atoms with van der Waals surface area (Å²) in [5, 5.41) is 4.34. The molecule has 1 saturated carbocycles. The zero-order valence-corrected chi connectivity index (χ0v) is 14.1. The molecule has 0 radical (unpaired) electrons. The van der Waals surface area contributed by atoms with Crippen LogP contribution < -0.4 is 10.1 Å². The van der Waals surface area contributed by atoms with Crippen LogP contribution in [0.15, 0.2) is 16.6 Å². The van der Waals surface area contributed by atoms with Gasteiger partial charge in [0.2, 0.25) is 0 Å². The van der Waals surface area contributed by atoms with Crippen molar-refractivity contribution in [1.82, 2.24) is 0 Å². The zero-order valence-electron chi connectivity index (χ0n) is 11.7. The summed E-state index contributed by atoms with van der Waals surface area (Å²) in [6, 6.07) is 4.29. The molecule has 0 aliphatic heterocycles. The molecule has 0 amide bonds. The molecule has 19 heavy (non-hydrogen) atoms. The normalized spacial score (nSPS) is 21.4. The minimum Gasteiger partial charge on any atom is -0.491 e. The van der Waals surface area contributed by atoms with E-state index in [0.717, 1.165) is 15.9 Å². The van der Waals surface area contributed by atoms with Gasteiger partial charge in [0.1, 0.15) is 0 Å². The van der Waals surface area contributed by atoms with Gasteiger partial charge in [0.15, 0.2) is 5.75 Å². The van der Waals surface area contributed by atoms with Crippen LogP contribution in [-0.4, -0.2) is 12.6 Å². The molecule has 1 aliphatic carbocycles. The van der Waals surface area contributed by atoms with E-state index in [9.17, 15) is 0 Å². The van der Waals surface area contributed by atoms with E-state index in [1.165, 1.54) is 19.3 Å². The van der Waals surface area contributed by atoms with Gasteiger partial charge in [-0.1, -0.05) is 31.9 Å². The summed E-state index contributed by atoms with van der Waals surface area (Å²) in [5.74, 6) is 0.856. The molecular weight excluding hydrogens is 326 g/mol. The predicted octanol–water partition coefficient (Wildman–Crippen LogP) is 5.49. The van der Waals surface area contributed by atoms with Gasteiger partial charge >= 0.3 is 0 Å². The van der Waals surface area contributed by atoms with Gasteiger partial charge in [-0.3, -0.25) is 0 Å². The lowest BCUT2D eigenvalue weighted by Crippen LogP contribution is -2.31. The Morgan fingerprint density at radius 1 is 1.47 bits per heavy atom. The van der Waals surface area contributed by atoms with Crippen LogP contribution in [0, 0.1) is 5.41 Å². The number of rotatable bonds is 4. The van der Waals surface area contributed by atoms with Crippen molar-refractivity contribution in [3.05, 3.63) is 21.6 Å². The van der Waals surface area contributed by atoms with Crippen molar-refractivity contribution in [3.8, 4) is 5.75 Å². The number of anilines is 1.